The Labute approximate surface area is 343 Å². The fraction of sp³-hybridized carbons (Fsp3) is 0.217. The zero-order valence-corrected chi connectivity index (χ0v) is 34.7. The maximum Gasteiger partial charge on any atom is 0.695 e. The second kappa shape index (κ2) is 19.6. The van der Waals surface area contributed by atoms with Crippen LogP contribution < -0.4 is 18.9 Å². The van der Waals surface area contributed by atoms with E-state index in [-0.39, 0.29) is 5.75 Å². The Morgan fingerprint density at radius 3 is 1.11 bits per heavy atom. The van der Waals surface area contributed by atoms with Crippen molar-refractivity contribution in [3.63, 3.8) is 0 Å². The molecular formula is C46H46O8PS2+. The Kier molecular flexibility index (Phi) is 14.4. The quantitative estimate of drug-likeness (QED) is 0.0355. The molecule has 6 aromatic rings. The second-order valence-corrected chi connectivity index (χ2v) is 16.4. The molecule has 8 nitrogen and oxygen atoms in total. The fourth-order valence-corrected chi connectivity index (χ4v) is 10.5. The van der Waals surface area contributed by atoms with Gasteiger partial charge in [0, 0.05) is 16.1 Å². The van der Waals surface area contributed by atoms with Gasteiger partial charge in [-0.15, -0.1) is 9.42 Å². The van der Waals surface area contributed by atoms with Gasteiger partial charge in [0.25, 0.3) is 0 Å². The predicted molar refractivity (Wildman–Crippen MR) is 230 cm³/mol. The maximum absolute atomic E-state index is 12.8. The minimum absolute atomic E-state index is 0.273. The highest BCUT2D eigenvalue weighted by Gasteiger charge is 2.49. The van der Waals surface area contributed by atoms with Crippen molar-refractivity contribution >= 4 is 29.8 Å². The van der Waals surface area contributed by atoms with Crippen LogP contribution in [0.15, 0.2) is 158 Å². The van der Waals surface area contributed by atoms with Crippen molar-refractivity contribution in [2.24, 2.45) is 0 Å². The van der Waals surface area contributed by atoms with E-state index < -0.39 is 31.3 Å². The third kappa shape index (κ3) is 8.87. The van der Waals surface area contributed by atoms with Crippen molar-refractivity contribution in [2.45, 2.75) is 23.0 Å². The normalized spacial score (nSPS) is 13.0. The number of methoxy groups -OCH3 is 4. The summed E-state index contributed by atoms with van der Waals surface area (Å²) in [6, 6.07) is 50.9. The standard InChI is InChI=1S/C46H45O8PS2/c1-50-39-23-15-35(16-24-39)45(33-11-7-5-8-12-33,36-17-25-40(51-2)26-18-36)43(47)31-56-57-32-44(54-55(48)49)46(34-13-9-6-10-14-34,37-19-27-41(52-3)28-20-37)38-21-29-42(53-4)30-22-38/h5-30,43-44,47H,31-32H2,1-4H3/p+1. The molecule has 0 fully saturated rings. The maximum atomic E-state index is 12.8. The van der Waals surface area contributed by atoms with Crippen LogP contribution in [-0.4, -0.2) is 62.2 Å². The molecule has 11 heteroatoms. The van der Waals surface area contributed by atoms with E-state index in [1.807, 2.05) is 158 Å². The molecule has 6 aromatic carbocycles. The van der Waals surface area contributed by atoms with E-state index in [0.29, 0.717) is 28.8 Å². The molecule has 0 bridgehead atoms. The molecule has 0 heterocycles. The van der Waals surface area contributed by atoms with Crippen LogP contribution in [0.2, 0.25) is 0 Å². The minimum Gasteiger partial charge on any atom is -0.497 e. The van der Waals surface area contributed by atoms with Crippen molar-refractivity contribution in [1.29, 1.82) is 0 Å². The first-order valence-corrected chi connectivity index (χ1v) is 21.9. The number of benzene rings is 6. The summed E-state index contributed by atoms with van der Waals surface area (Å²) < 4.78 is 41.0. The smallest absolute Gasteiger partial charge is 0.497 e. The number of aliphatic hydroxyl groups excluding tert-OH is 1. The summed E-state index contributed by atoms with van der Waals surface area (Å²) >= 11 is 0. The Hall–Kier alpha value is -4.80. The Balaban J connectivity index is 1.41. The predicted octanol–water partition coefficient (Wildman–Crippen LogP) is 9.87. The third-order valence-corrected chi connectivity index (χ3v) is 13.2. The molecule has 3 atom stereocenters. The highest BCUT2D eigenvalue weighted by atomic mass is 33.1. The number of aliphatic hydroxyl groups is 1. The van der Waals surface area contributed by atoms with E-state index in [0.717, 1.165) is 33.4 Å². The topological polar surface area (TPSA) is 104 Å². The van der Waals surface area contributed by atoms with Crippen molar-refractivity contribution in [3.05, 3.63) is 191 Å². The van der Waals surface area contributed by atoms with Crippen LogP contribution in [0.1, 0.15) is 33.4 Å². The van der Waals surface area contributed by atoms with Gasteiger partial charge in [-0.25, -0.2) is 0 Å². The molecule has 0 aromatic heterocycles. The fourth-order valence-electron chi connectivity index (χ4n) is 7.64. The molecule has 0 aliphatic carbocycles. The number of ether oxygens (including phenoxy) is 4. The van der Waals surface area contributed by atoms with Crippen LogP contribution in [0, 0.1) is 0 Å². The largest absolute Gasteiger partial charge is 0.695 e. The van der Waals surface area contributed by atoms with Crippen molar-refractivity contribution in [1.82, 2.24) is 0 Å². The zero-order valence-electron chi connectivity index (χ0n) is 32.2. The highest BCUT2D eigenvalue weighted by Crippen LogP contribution is 2.49. The average Bonchev–Trinajstić information content (AvgIpc) is 3.27. The van der Waals surface area contributed by atoms with E-state index in [9.17, 15) is 14.6 Å². The van der Waals surface area contributed by atoms with Gasteiger partial charge in [-0.1, -0.05) is 131 Å². The molecule has 0 spiro atoms. The zero-order chi connectivity index (χ0) is 40.3. The van der Waals surface area contributed by atoms with Crippen LogP contribution in [-0.2, 0) is 19.9 Å². The van der Waals surface area contributed by atoms with Crippen LogP contribution in [0.4, 0.5) is 0 Å². The van der Waals surface area contributed by atoms with Gasteiger partial charge in [0.15, 0.2) is 0 Å². The molecule has 0 saturated carbocycles. The molecule has 0 radical (unpaired) electrons. The molecule has 2 N–H and O–H groups in total. The SMILES string of the molecule is COc1ccc(C(c2ccccc2)(c2ccc(OC)cc2)C(O)CSSCC(O[P+](=O)O)C(c2ccccc2)(c2ccc(OC)cc2)c2ccc(OC)cc2)cc1. The van der Waals surface area contributed by atoms with E-state index >= 15 is 0 Å². The van der Waals surface area contributed by atoms with Gasteiger partial charge in [-0.3, -0.25) is 0 Å². The van der Waals surface area contributed by atoms with Gasteiger partial charge in [-0.2, -0.15) is 0 Å². The molecule has 57 heavy (non-hydrogen) atoms. The van der Waals surface area contributed by atoms with E-state index in [1.54, 1.807) is 28.4 Å². The van der Waals surface area contributed by atoms with E-state index in [1.165, 1.54) is 21.6 Å². The van der Waals surface area contributed by atoms with E-state index in [2.05, 4.69) is 0 Å². The molecule has 0 aliphatic rings. The Bertz CT molecular complexity index is 2060. The van der Waals surface area contributed by atoms with Gasteiger partial charge < -0.3 is 24.1 Å². The Morgan fingerprint density at radius 1 is 0.474 bits per heavy atom. The van der Waals surface area contributed by atoms with Gasteiger partial charge >= 0.3 is 8.25 Å². The summed E-state index contributed by atoms with van der Waals surface area (Å²) in [5, 5.41) is 12.6. The van der Waals surface area contributed by atoms with Crippen LogP contribution in [0.5, 0.6) is 23.0 Å². The van der Waals surface area contributed by atoms with Crippen LogP contribution >= 0.6 is 29.8 Å². The first kappa shape index (κ1) is 41.8. The van der Waals surface area contributed by atoms with Gasteiger partial charge in [-0.05, 0) is 81.9 Å². The Morgan fingerprint density at radius 2 is 0.772 bits per heavy atom. The third-order valence-electron chi connectivity index (χ3n) is 10.4. The molecule has 0 saturated heterocycles. The second-order valence-electron chi connectivity index (χ2n) is 13.2. The van der Waals surface area contributed by atoms with Crippen molar-refractivity contribution < 1.29 is 38.0 Å². The minimum atomic E-state index is -3.04. The lowest BCUT2D eigenvalue weighted by atomic mass is 9.66. The van der Waals surface area contributed by atoms with Crippen LogP contribution in [0.3, 0.4) is 0 Å². The first-order chi connectivity index (χ1) is 27.8. The summed E-state index contributed by atoms with van der Waals surface area (Å²) in [5.41, 5.74) is 3.20. The summed E-state index contributed by atoms with van der Waals surface area (Å²) in [4.78, 5) is 10.5. The van der Waals surface area contributed by atoms with Gasteiger partial charge in [0.05, 0.1) is 45.4 Å². The molecular weight excluding hydrogens is 776 g/mol. The highest BCUT2D eigenvalue weighted by molar-refractivity contribution is 8.76. The monoisotopic (exact) mass is 821 g/mol. The average molecular weight is 822 g/mol. The molecule has 3 unspecified atom stereocenters. The van der Waals surface area contributed by atoms with Gasteiger partial charge in [0.1, 0.15) is 29.1 Å². The lowest BCUT2D eigenvalue weighted by molar-refractivity contribution is 0.144. The molecule has 0 amide bonds. The number of hydrogen-bond acceptors (Lipinski definition) is 9. The van der Waals surface area contributed by atoms with Crippen molar-refractivity contribution in [3.8, 4) is 23.0 Å². The first-order valence-electron chi connectivity index (χ1n) is 18.3. The number of rotatable bonds is 19. The molecule has 0 aliphatic heterocycles. The summed E-state index contributed by atoms with van der Waals surface area (Å²) in [6.45, 7) is 0. The summed E-state index contributed by atoms with van der Waals surface area (Å²) in [5.74, 6) is 3.33. The van der Waals surface area contributed by atoms with Crippen LogP contribution in [0.25, 0.3) is 0 Å². The summed E-state index contributed by atoms with van der Waals surface area (Å²) in [7, 11) is 6.40. The lowest BCUT2D eigenvalue weighted by Gasteiger charge is -2.40. The van der Waals surface area contributed by atoms with E-state index in [4.69, 9.17) is 23.5 Å². The molecule has 6 rings (SSSR count). The lowest BCUT2D eigenvalue weighted by Crippen LogP contribution is -2.44. The van der Waals surface area contributed by atoms with Crippen molar-refractivity contribution in [2.75, 3.05) is 39.9 Å². The molecule has 294 valence electrons. The number of hydrogen-bond donors (Lipinski definition) is 2. The van der Waals surface area contributed by atoms with Gasteiger partial charge in [0.2, 0.25) is 0 Å². The summed E-state index contributed by atoms with van der Waals surface area (Å²) in [6.07, 6.45) is -1.79.